The summed E-state index contributed by atoms with van der Waals surface area (Å²) in [5.74, 6) is -1.07. The van der Waals surface area contributed by atoms with E-state index >= 15 is 0 Å². The number of carbonyl (C=O) groups excluding carboxylic acids is 2. The molecule has 1 aromatic carbocycles. The van der Waals surface area contributed by atoms with Crippen molar-refractivity contribution < 1.29 is 24.2 Å². The number of carbonyl (C=O) groups is 3. The minimum absolute atomic E-state index is 0.0615. The minimum atomic E-state index is -1.05. The monoisotopic (exact) mass is 308 g/mol. The lowest BCUT2D eigenvalue weighted by Gasteiger charge is -2.08. The first-order valence-electron chi connectivity index (χ1n) is 6.98. The molecule has 0 aromatic heterocycles. The molecule has 1 aromatic rings. The summed E-state index contributed by atoms with van der Waals surface area (Å²) in [4.78, 5) is 33.3. The van der Waals surface area contributed by atoms with Crippen LogP contribution < -0.4 is 15.4 Å². The highest BCUT2D eigenvalue weighted by Crippen LogP contribution is 2.13. The fourth-order valence-corrected chi connectivity index (χ4v) is 1.65. The van der Waals surface area contributed by atoms with Gasteiger partial charge >= 0.3 is 5.97 Å². The molecule has 22 heavy (non-hydrogen) atoms. The van der Waals surface area contributed by atoms with Crippen LogP contribution >= 0.6 is 0 Å². The molecule has 0 atom stereocenters. The lowest BCUT2D eigenvalue weighted by atomic mass is 10.2. The third kappa shape index (κ3) is 7.28. The zero-order valence-electron chi connectivity index (χ0n) is 12.4. The number of carboxylic acids is 1. The highest BCUT2D eigenvalue weighted by atomic mass is 16.5. The zero-order valence-corrected chi connectivity index (χ0v) is 12.4. The summed E-state index contributed by atoms with van der Waals surface area (Å²) in [7, 11) is 0. The summed E-state index contributed by atoms with van der Waals surface area (Å²) >= 11 is 0. The van der Waals surface area contributed by atoms with Crippen molar-refractivity contribution in [2.45, 2.75) is 26.3 Å². The van der Waals surface area contributed by atoms with E-state index in [0.29, 0.717) is 12.2 Å². The van der Waals surface area contributed by atoms with Crippen LogP contribution in [0.1, 0.15) is 25.3 Å². The first-order chi connectivity index (χ1) is 10.5. The molecule has 0 bridgehead atoms. The second-order valence-electron chi connectivity index (χ2n) is 4.63. The number of amides is 2. The summed E-state index contributed by atoms with van der Waals surface area (Å²) in [5, 5.41) is 13.7. The van der Waals surface area contributed by atoms with Crippen LogP contribution in [-0.4, -0.2) is 36.0 Å². The van der Waals surface area contributed by atoms with Crippen molar-refractivity contribution in [3.05, 3.63) is 29.8 Å². The summed E-state index contributed by atoms with van der Waals surface area (Å²) in [6.45, 7) is 1.68. The van der Waals surface area contributed by atoms with Gasteiger partial charge in [0.15, 0.2) is 6.61 Å². The van der Waals surface area contributed by atoms with Crippen LogP contribution in [0.3, 0.4) is 0 Å². The molecule has 2 amide bonds. The smallest absolute Gasteiger partial charge is 0.341 e. The molecule has 0 fully saturated rings. The van der Waals surface area contributed by atoms with Crippen molar-refractivity contribution in [3.8, 4) is 5.75 Å². The Labute approximate surface area is 128 Å². The molecular formula is C15H20N2O5. The number of hydrogen-bond donors (Lipinski definition) is 3. The lowest BCUT2D eigenvalue weighted by Crippen LogP contribution is -2.36. The molecule has 0 heterocycles. The van der Waals surface area contributed by atoms with Gasteiger partial charge in [-0.25, -0.2) is 4.79 Å². The van der Waals surface area contributed by atoms with Crippen LogP contribution in [0.5, 0.6) is 5.75 Å². The van der Waals surface area contributed by atoms with E-state index in [1.165, 1.54) is 0 Å². The van der Waals surface area contributed by atoms with Gasteiger partial charge in [-0.2, -0.15) is 0 Å². The summed E-state index contributed by atoms with van der Waals surface area (Å²) in [6.07, 6.45) is 1.13. The molecule has 0 aliphatic rings. The first-order valence-corrected chi connectivity index (χ1v) is 6.98. The molecule has 0 aliphatic carbocycles. The van der Waals surface area contributed by atoms with Crippen molar-refractivity contribution in [1.82, 2.24) is 10.6 Å². The topological polar surface area (TPSA) is 105 Å². The van der Waals surface area contributed by atoms with Gasteiger partial charge in [0.1, 0.15) is 5.75 Å². The van der Waals surface area contributed by atoms with Crippen molar-refractivity contribution >= 4 is 17.8 Å². The molecule has 0 aliphatic heterocycles. The number of nitrogens with one attached hydrogen (secondary N) is 2. The van der Waals surface area contributed by atoms with Gasteiger partial charge < -0.3 is 20.5 Å². The van der Waals surface area contributed by atoms with Crippen LogP contribution in [0.2, 0.25) is 0 Å². The summed E-state index contributed by atoms with van der Waals surface area (Å²) in [5.41, 5.74) is 0.774. The number of aliphatic carboxylic acids is 1. The van der Waals surface area contributed by atoms with E-state index in [0.717, 1.165) is 12.0 Å². The highest BCUT2D eigenvalue weighted by molar-refractivity contribution is 5.84. The van der Waals surface area contributed by atoms with Gasteiger partial charge in [0.05, 0.1) is 6.54 Å². The average molecular weight is 308 g/mol. The van der Waals surface area contributed by atoms with E-state index < -0.39 is 12.6 Å². The Hall–Kier alpha value is -2.57. The van der Waals surface area contributed by atoms with E-state index in [9.17, 15) is 14.4 Å². The van der Waals surface area contributed by atoms with Gasteiger partial charge in [-0.1, -0.05) is 19.1 Å². The van der Waals surface area contributed by atoms with Crippen LogP contribution in [0.15, 0.2) is 24.3 Å². The van der Waals surface area contributed by atoms with Crippen LogP contribution in [-0.2, 0) is 20.9 Å². The molecule has 0 radical (unpaired) electrons. The predicted molar refractivity (Wildman–Crippen MR) is 79.3 cm³/mol. The fourth-order valence-electron chi connectivity index (χ4n) is 1.65. The fraction of sp³-hybridized carbons (Fsp3) is 0.400. The number of hydrogen-bond acceptors (Lipinski definition) is 4. The first kappa shape index (κ1) is 17.5. The molecule has 7 nitrogen and oxygen atoms in total. The van der Waals surface area contributed by atoms with Gasteiger partial charge in [-0.05, 0) is 24.1 Å². The maximum atomic E-state index is 11.6. The molecule has 3 N–H and O–H groups in total. The third-order valence-electron chi connectivity index (χ3n) is 2.67. The Morgan fingerprint density at radius 3 is 2.64 bits per heavy atom. The van der Waals surface area contributed by atoms with Gasteiger partial charge in [-0.15, -0.1) is 0 Å². The lowest BCUT2D eigenvalue weighted by molar-refractivity contribution is -0.139. The van der Waals surface area contributed by atoms with Crippen LogP contribution in [0.4, 0.5) is 0 Å². The number of ether oxygens (including phenoxy) is 1. The van der Waals surface area contributed by atoms with Crippen molar-refractivity contribution in [1.29, 1.82) is 0 Å². The maximum Gasteiger partial charge on any atom is 0.341 e. The second kappa shape index (κ2) is 9.38. The second-order valence-corrected chi connectivity index (χ2v) is 4.63. The van der Waals surface area contributed by atoms with Gasteiger partial charge in [-0.3, -0.25) is 9.59 Å². The third-order valence-corrected chi connectivity index (χ3v) is 2.67. The quantitative estimate of drug-likeness (QED) is 0.622. The molecule has 120 valence electrons. The summed E-state index contributed by atoms with van der Waals surface area (Å²) in [6, 6.07) is 6.78. The Morgan fingerprint density at radius 1 is 1.18 bits per heavy atom. The van der Waals surface area contributed by atoms with E-state index in [1.807, 2.05) is 6.92 Å². The van der Waals surface area contributed by atoms with E-state index in [2.05, 4.69) is 10.6 Å². The van der Waals surface area contributed by atoms with E-state index in [4.69, 9.17) is 9.84 Å². The molecule has 7 heteroatoms. The highest BCUT2D eigenvalue weighted by Gasteiger charge is 2.05. The van der Waals surface area contributed by atoms with E-state index in [-0.39, 0.29) is 24.9 Å². The molecular weight excluding hydrogens is 288 g/mol. The van der Waals surface area contributed by atoms with Gasteiger partial charge in [0.25, 0.3) is 0 Å². The average Bonchev–Trinajstić information content (AvgIpc) is 2.49. The molecule has 0 saturated carbocycles. The maximum absolute atomic E-state index is 11.6. The standard InChI is InChI=1S/C15H20N2O5/c1-2-4-13(18)17-9-14(19)16-8-11-5-3-6-12(7-11)22-10-15(20)21/h3,5-7H,2,4,8-10H2,1H3,(H,16,19)(H,17,18)(H,20,21). The molecule has 0 unspecified atom stereocenters. The Bertz CT molecular complexity index is 530. The zero-order chi connectivity index (χ0) is 16.4. The number of benzene rings is 1. The Balaban J connectivity index is 2.37. The predicted octanol–water partition coefficient (Wildman–Crippen LogP) is 0.683. The van der Waals surface area contributed by atoms with Crippen molar-refractivity contribution in [2.24, 2.45) is 0 Å². The van der Waals surface area contributed by atoms with Crippen LogP contribution in [0.25, 0.3) is 0 Å². The minimum Gasteiger partial charge on any atom is -0.482 e. The van der Waals surface area contributed by atoms with Crippen LogP contribution in [0, 0.1) is 0 Å². The van der Waals surface area contributed by atoms with Gasteiger partial charge in [0, 0.05) is 13.0 Å². The SMILES string of the molecule is CCCC(=O)NCC(=O)NCc1cccc(OCC(=O)O)c1. The molecule has 1 rings (SSSR count). The molecule has 0 spiro atoms. The number of carboxylic acid groups (broad SMARTS) is 1. The normalized spacial score (nSPS) is 9.86. The van der Waals surface area contributed by atoms with E-state index in [1.54, 1.807) is 24.3 Å². The molecule has 0 saturated heterocycles. The Kier molecular flexibility index (Phi) is 7.45. The van der Waals surface area contributed by atoms with Gasteiger partial charge in [0.2, 0.25) is 11.8 Å². The Morgan fingerprint density at radius 2 is 1.95 bits per heavy atom. The van der Waals surface area contributed by atoms with Crippen molar-refractivity contribution in [3.63, 3.8) is 0 Å². The summed E-state index contributed by atoms with van der Waals surface area (Å²) < 4.78 is 5.05. The number of rotatable bonds is 9. The largest absolute Gasteiger partial charge is 0.482 e. The van der Waals surface area contributed by atoms with Crippen molar-refractivity contribution in [2.75, 3.05) is 13.2 Å².